The largest absolute Gasteiger partial charge is 0.481 e. The van der Waals surface area contributed by atoms with Crippen LogP contribution >= 0.6 is 43.2 Å². The van der Waals surface area contributed by atoms with Crippen LogP contribution in [0.25, 0.3) is 0 Å². The summed E-state index contributed by atoms with van der Waals surface area (Å²) in [7, 11) is 0. The van der Waals surface area contributed by atoms with Crippen LogP contribution in [0.15, 0.2) is 14.3 Å². The molecule has 4 nitrogen and oxygen atoms in total. The molecule has 2 unspecified atom stereocenters. The summed E-state index contributed by atoms with van der Waals surface area (Å²) < 4.78 is 1.83. The van der Waals surface area contributed by atoms with E-state index in [1.807, 2.05) is 13.0 Å². The fourth-order valence-electron chi connectivity index (χ4n) is 2.77. The number of hydrogen-bond acceptors (Lipinski definition) is 3. The van der Waals surface area contributed by atoms with Gasteiger partial charge in [0.15, 0.2) is 0 Å². The first-order chi connectivity index (χ1) is 9.95. The molecule has 0 spiro atoms. The lowest BCUT2D eigenvalue weighted by atomic mass is 9.93. The highest BCUT2D eigenvalue weighted by Crippen LogP contribution is 2.43. The van der Waals surface area contributed by atoms with Gasteiger partial charge in [-0.15, -0.1) is 11.3 Å². The lowest BCUT2D eigenvalue weighted by Crippen LogP contribution is -2.39. The smallest absolute Gasteiger partial charge is 0.308 e. The van der Waals surface area contributed by atoms with Gasteiger partial charge in [0, 0.05) is 22.3 Å². The number of halogens is 2. The monoisotopic (exact) mass is 437 g/mol. The Morgan fingerprint density at radius 1 is 1.52 bits per heavy atom. The van der Waals surface area contributed by atoms with Crippen molar-refractivity contribution in [2.45, 2.75) is 38.6 Å². The average molecular weight is 439 g/mol. The van der Waals surface area contributed by atoms with Gasteiger partial charge in [-0.1, -0.05) is 6.92 Å². The van der Waals surface area contributed by atoms with Crippen LogP contribution in [-0.2, 0) is 9.59 Å². The number of likely N-dealkylation sites (tertiary alicyclic amines) is 1. The maximum absolute atomic E-state index is 12.4. The first kappa shape index (κ1) is 17.0. The molecule has 2 rings (SSSR count). The van der Waals surface area contributed by atoms with Gasteiger partial charge in [-0.25, -0.2) is 0 Å². The van der Waals surface area contributed by atoms with Gasteiger partial charge in [0.05, 0.1) is 15.7 Å². The number of carbonyl (C=O) groups is 2. The van der Waals surface area contributed by atoms with Gasteiger partial charge in [-0.05, 0) is 57.2 Å². The van der Waals surface area contributed by atoms with Gasteiger partial charge < -0.3 is 10.0 Å². The summed E-state index contributed by atoms with van der Waals surface area (Å²) in [6, 6.07) is 1.56. The van der Waals surface area contributed by atoms with Gasteiger partial charge in [0.2, 0.25) is 5.91 Å². The van der Waals surface area contributed by atoms with Crippen LogP contribution in [0.1, 0.15) is 43.5 Å². The Labute approximate surface area is 144 Å². The third kappa shape index (κ3) is 3.68. The number of hydrogen-bond donors (Lipinski definition) is 1. The van der Waals surface area contributed by atoms with Gasteiger partial charge in [-0.3, -0.25) is 9.59 Å². The molecule has 2 heterocycles. The van der Waals surface area contributed by atoms with Gasteiger partial charge in [0.25, 0.3) is 0 Å². The Bertz CT molecular complexity index is 527. The van der Waals surface area contributed by atoms with Gasteiger partial charge in [-0.2, -0.15) is 0 Å². The second-order valence-electron chi connectivity index (χ2n) is 5.14. The highest BCUT2D eigenvalue weighted by atomic mass is 79.9. The van der Waals surface area contributed by atoms with Crippen molar-refractivity contribution in [2.75, 3.05) is 6.54 Å². The normalized spacial score (nSPS) is 23.2. The zero-order valence-corrected chi connectivity index (χ0v) is 15.6. The number of carboxylic acid groups (broad SMARTS) is 1. The first-order valence-electron chi connectivity index (χ1n) is 6.92. The van der Waals surface area contributed by atoms with Gasteiger partial charge >= 0.3 is 5.97 Å². The van der Waals surface area contributed by atoms with Crippen molar-refractivity contribution in [1.82, 2.24) is 4.90 Å². The third-order valence-corrected chi connectivity index (χ3v) is 7.01. The van der Waals surface area contributed by atoms with Crippen LogP contribution in [0.3, 0.4) is 0 Å². The number of carboxylic acids is 1. The van der Waals surface area contributed by atoms with E-state index in [2.05, 4.69) is 31.9 Å². The number of carbonyl (C=O) groups excluding carboxylic acids is 1. The molecule has 1 fully saturated rings. The summed E-state index contributed by atoms with van der Waals surface area (Å²) in [6.45, 7) is 2.60. The first-order valence-corrected chi connectivity index (χ1v) is 9.33. The van der Waals surface area contributed by atoms with Gasteiger partial charge in [0.1, 0.15) is 0 Å². The molecular formula is C14H17Br2NO3S. The van der Waals surface area contributed by atoms with Crippen molar-refractivity contribution < 1.29 is 14.7 Å². The number of thiophene rings is 1. The SMILES string of the molecule is CCCN1C(=O)CCCC(C(=O)O)C1c1cc(Br)c(Br)s1. The quantitative estimate of drug-likeness (QED) is 0.755. The van der Waals surface area contributed by atoms with E-state index >= 15 is 0 Å². The summed E-state index contributed by atoms with van der Waals surface area (Å²) in [5.41, 5.74) is 0. The molecule has 1 aliphatic rings. The lowest BCUT2D eigenvalue weighted by Gasteiger charge is -2.32. The molecule has 21 heavy (non-hydrogen) atoms. The molecule has 1 aromatic heterocycles. The fraction of sp³-hybridized carbons (Fsp3) is 0.571. The summed E-state index contributed by atoms with van der Waals surface area (Å²) >= 11 is 8.40. The van der Waals surface area contributed by atoms with Crippen molar-refractivity contribution in [1.29, 1.82) is 0 Å². The molecule has 1 aromatic rings. The van der Waals surface area contributed by atoms with E-state index in [1.165, 1.54) is 11.3 Å². The minimum Gasteiger partial charge on any atom is -0.481 e. The Balaban J connectivity index is 2.47. The van der Waals surface area contributed by atoms with Crippen LogP contribution in [-0.4, -0.2) is 28.4 Å². The zero-order valence-electron chi connectivity index (χ0n) is 11.6. The molecule has 1 saturated heterocycles. The molecule has 0 saturated carbocycles. The second-order valence-corrected chi connectivity index (χ2v) is 8.40. The van der Waals surface area contributed by atoms with E-state index in [0.29, 0.717) is 25.8 Å². The maximum Gasteiger partial charge on any atom is 0.308 e. The molecule has 7 heteroatoms. The van der Waals surface area contributed by atoms with E-state index in [9.17, 15) is 14.7 Å². The zero-order chi connectivity index (χ0) is 15.6. The number of amides is 1. The van der Waals surface area contributed by atoms with E-state index < -0.39 is 11.9 Å². The molecule has 0 aliphatic carbocycles. The number of nitrogens with zero attached hydrogens (tertiary/aromatic N) is 1. The standard InChI is InChI=1S/C14H17Br2NO3S/c1-2-6-17-11(18)5-3-4-8(14(19)20)12(17)10-7-9(15)13(16)21-10/h7-8,12H,2-6H2,1H3,(H,19,20). The minimum absolute atomic E-state index is 0.0613. The summed E-state index contributed by atoms with van der Waals surface area (Å²) in [4.78, 5) is 26.7. The number of aliphatic carboxylic acids is 1. The Hall–Kier alpha value is -0.400. The number of rotatable bonds is 4. The molecule has 1 aliphatic heterocycles. The summed E-state index contributed by atoms with van der Waals surface area (Å²) in [5.74, 6) is -1.30. The molecule has 1 N–H and O–H groups in total. The lowest BCUT2D eigenvalue weighted by molar-refractivity contribution is -0.146. The van der Waals surface area contributed by atoms with E-state index in [0.717, 1.165) is 19.6 Å². The molecule has 0 radical (unpaired) electrons. The van der Waals surface area contributed by atoms with Crippen LogP contribution < -0.4 is 0 Å². The van der Waals surface area contributed by atoms with Crippen molar-refractivity contribution in [3.63, 3.8) is 0 Å². The fourth-order valence-corrected chi connectivity index (χ4v) is 5.04. The Morgan fingerprint density at radius 2 is 2.24 bits per heavy atom. The molecule has 0 aromatic carbocycles. The summed E-state index contributed by atoms with van der Waals surface area (Å²) in [5, 5.41) is 9.59. The molecular weight excluding hydrogens is 422 g/mol. The molecule has 2 atom stereocenters. The van der Waals surface area contributed by atoms with Crippen LogP contribution in [0.2, 0.25) is 0 Å². The van der Waals surface area contributed by atoms with E-state index in [-0.39, 0.29) is 11.9 Å². The predicted molar refractivity (Wildman–Crippen MR) is 89.4 cm³/mol. The summed E-state index contributed by atoms with van der Waals surface area (Å²) in [6.07, 6.45) is 2.44. The molecule has 116 valence electrons. The predicted octanol–water partition coefficient (Wildman–Crippen LogP) is 4.44. The maximum atomic E-state index is 12.4. The third-order valence-electron chi connectivity index (χ3n) is 3.68. The van der Waals surface area contributed by atoms with E-state index in [4.69, 9.17) is 0 Å². The van der Waals surface area contributed by atoms with Crippen LogP contribution in [0, 0.1) is 5.92 Å². The van der Waals surface area contributed by atoms with Crippen molar-refractivity contribution in [3.8, 4) is 0 Å². The minimum atomic E-state index is -0.823. The Kier molecular flexibility index (Phi) is 5.85. The van der Waals surface area contributed by atoms with Crippen molar-refractivity contribution in [2.24, 2.45) is 5.92 Å². The highest BCUT2D eigenvalue weighted by Gasteiger charge is 2.39. The molecule has 0 bridgehead atoms. The van der Waals surface area contributed by atoms with Crippen LogP contribution in [0.4, 0.5) is 0 Å². The average Bonchev–Trinajstić information content (AvgIpc) is 2.65. The topological polar surface area (TPSA) is 57.6 Å². The van der Waals surface area contributed by atoms with E-state index in [1.54, 1.807) is 4.90 Å². The Morgan fingerprint density at radius 3 is 2.76 bits per heavy atom. The second kappa shape index (κ2) is 7.24. The highest BCUT2D eigenvalue weighted by molar-refractivity contribution is 9.13. The van der Waals surface area contributed by atoms with Crippen LogP contribution in [0.5, 0.6) is 0 Å². The van der Waals surface area contributed by atoms with Crippen molar-refractivity contribution in [3.05, 3.63) is 19.2 Å². The molecule has 1 amide bonds. The van der Waals surface area contributed by atoms with Crippen molar-refractivity contribution >= 4 is 55.1 Å².